The average molecular weight is 219 g/mol. The Bertz CT molecular complexity index is 252. The Morgan fingerprint density at radius 1 is 1.55 bits per heavy atom. The first-order valence-corrected chi connectivity index (χ1v) is 4.21. The van der Waals surface area contributed by atoms with E-state index in [1.807, 2.05) is 0 Å². The number of alkyl halides is 1. The largest absolute Gasteiger partial charge is 0.321 e. The molecule has 1 aromatic rings. The predicted octanol–water partition coefficient (Wildman–Crippen LogP) is 2.01. The van der Waals surface area contributed by atoms with E-state index in [0.29, 0.717) is 11.0 Å². The summed E-state index contributed by atoms with van der Waals surface area (Å²) < 4.78 is 12.9. The molecule has 0 aliphatic carbocycles. The SMILES string of the molecule is NNc1ccc(CBr)cc1F. The number of anilines is 1. The van der Waals surface area contributed by atoms with Gasteiger partial charge >= 0.3 is 0 Å². The summed E-state index contributed by atoms with van der Waals surface area (Å²) in [6.07, 6.45) is 0. The van der Waals surface area contributed by atoms with Crippen LogP contribution in [-0.2, 0) is 5.33 Å². The molecule has 60 valence electrons. The Morgan fingerprint density at radius 2 is 2.27 bits per heavy atom. The van der Waals surface area contributed by atoms with Crippen LogP contribution in [0.1, 0.15) is 5.56 Å². The van der Waals surface area contributed by atoms with Crippen LogP contribution < -0.4 is 11.3 Å². The number of hydrogen-bond donors (Lipinski definition) is 2. The van der Waals surface area contributed by atoms with Crippen molar-refractivity contribution < 1.29 is 4.39 Å². The minimum Gasteiger partial charge on any atom is -0.321 e. The number of hydrogen-bond acceptors (Lipinski definition) is 2. The molecule has 0 saturated carbocycles. The minimum atomic E-state index is -0.329. The normalized spacial score (nSPS) is 9.73. The van der Waals surface area contributed by atoms with Crippen molar-refractivity contribution in [2.75, 3.05) is 5.43 Å². The fourth-order valence-electron chi connectivity index (χ4n) is 0.759. The molecule has 4 heteroatoms. The molecule has 0 aliphatic rings. The van der Waals surface area contributed by atoms with Crippen molar-refractivity contribution in [3.05, 3.63) is 29.6 Å². The molecule has 1 aromatic carbocycles. The van der Waals surface area contributed by atoms with Gasteiger partial charge in [-0.1, -0.05) is 22.0 Å². The maximum absolute atomic E-state index is 12.9. The smallest absolute Gasteiger partial charge is 0.147 e. The number of nitrogen functional groups attached to an aromatic ring is 1. The van der Waals surface area contributed by atoms with Crippen molar-refractivity contribution in [1.82, 2.24) is 0 Å². The fraction of sp³-hybridized carbons (Fsp3) is 0.143. The van der Waals surface area contributed by atoms with Crippen LogP contribution in [0.2, 0.25) is 0 Å². The van der Waals surface area contributed by atoms with E-state index < -0.39 is 0 Å². The molecule has 0 unspecified atom stereocenters. The van der Waals surface area contributed by atoms with Crippen LogP contribution in [0, 0.1) is 5.82 Å². The van der Waals surface area contributed by atoms with Crippen molar-refractivity contribution in [1.29, 1.82) is 0 Å². The summed E-state index contributed by atoms with van der Waals surface area (Å²) >= 11 is 3.22. The van der Waals surface area contributed by atoms with Crippen LogP contribution >= 0.6 is 15.9 Å². The monoisotopic (exact) mass is 218 g/mol. The van der Waals surface area contributed by atoms with Crippen molar-refractivity contribution in [2.45, 2.75) is 5.33 Å². The van der Waals surface area contributed by atoms with Gasteiger partial charge in [0.2, 0.25) is 0 Å². The van der Waals surface area contributed by atoms with Gasteiger partial charge < -0.3 is 5.43 Å². The molecule has 0 amide bonds. The number of rotatable bonds is 2. The third-order valence-electron chi connectivity index (χ3n) is 1.34. The fourth-order valence-corrected chi connectivity index (χ4v) is 1.11. The van der Waals surface area contributed by atoms with Crippen molar-refractivity contribution in [2.24, 2.45) is 5.84 Å². The number of nitrogens with one attached hydrogen (secondary N) is 1. The number of hydrazine groups is 1. The Balaban J connectivity index is 2.99. The second-order valence-electron chi connectivity index (χ2n) is 2.09. The highest BCUT2D eigenvalue weighted by Crippen LogP contribution is 2.15. The molecule has 0 atom stereocenters. The van der Waals surface area contributed by atoms with Crippen molar-refractivity contribution in [3.8, 4) is 0 Å². The predicted molar refractivity (Wildman–Crippen MR) is 46.8 cm³/mol. The lowest BCUT2D eigenvalue weighted by atomic mass is 10.2. The lowest BCUT2D eigenvalue weighted by molar-refractivity contribution is 0.629. The standard InChI is InChI=1S/C7H8BrFN2/c8-4-5-1-2-7(11-10)6(9)3-5/h1-3,11H,4,10H2. The summed E-state index contributed by atoms with van der Waals surface area (Å²) in [5.41, 5.74) is 3.46. The summed E-state index contributed by atoms with van der Waals surface area (Å²) in [4.78, 5) is 0. The first-order chi connectivity index (χ1) is 5.27. The molecular formula is C7H8BrFN2. The molecule has 1 rings (SSSR count). The number of nitrogens with two attached hydrogens (primary N) is 1. The zero-order valence-electron chi connectivity index (χ0n) is 5.77. The summed E-state index contributed by atoms with van der Waals surface area (Å²) in [6.45, 7) is 0. The van der Waals surface area contributed by atoms with Gasteiger partial charge in [-0.2, -0.15) is 0 Å². The van der Waals surface area contributed by atoms with Crippen LogP contribution in [0.25, 0.3) is 0 Å². The minimum absolute atomic E-state index is 0.315. The highest BCUT2D eigenvalue weighted by molar-refractivity contribution is 9.08. The summed E-state index contributed by atoms with van der Waals surface area (Å²) in [7, 11) is 0. The van der Waals surface area contributed by atoms with E-state index in [-0.39, 0.29) is 5.82 Å². The third kappa shape index (κ3) is 1.91. The third-order valence-corrected chi connectivity index (χ3v) is 1.99. The molecule has 0 aromatic heterocycles. The van der Waals surface area contributed by atoms with Gasteiger partial charge in [0.25, 0.3) is 0 Å². The molecule has 0 fully saturated rings. The molecule has 0 bridgehead atoms. The van der Waals surface area contributed by atoms with E-state index in [1.54, 1.807) is 12.1 Å². The van der Waals surface area contributed by atoms with Gasteiger partial charge in [0, 0.05) is 5.33 Å². The Morgan fingerprint density at radius 3 is 2.73 bits per heavy atom. The first-order valence-electron chi connectivity index (χ1n) is 3.09. The second-order valence-corrected chi connectivity index (χ2v) is 2.65. The maximum Gasteiger partial charge on any atom is 0.147 e. The van der Waals surface area contributed by atoms with Gasteiger partial charge in [-0.15, -0.1) is 0 Å². The lowest BCUT2D eigenvalue weighted by Gasteiger charge is -2.02. The molecular weight excluding hydrogens is 211 g/mol. The van der Waals surface area contributed by atoms with E-state index in [9.17, 15) is 4.39 Å². The van der Waals surface area contributed by atoms with Crippen LogP contribution in [0.5, 0.6) is 0 Å². The Hall–Kier alpha value is -0.610. The van der Waals surface area contributed by atoms with Crippen LogP contribution in [0.4, 0.5) is 10.1 Å². The van der Waals surface area contributed by atoms with E-state index in [2.05, 4.69) is 21.4 Å². The summed E-state index contributed by atoms with van der Waals surface area (Å²) in [5, 5.41) is 0.648. The van der Waals surface area contributed by atoms with E-state index in [1.165, 1.54) is 6.07 Å². The molecule has 3 N–H and O–H groups in total. The molecule has 2 nitrogen and oxygen atoms in total. The molecule has 0 aliphatic heterocycles. The van der Waals surface area contributed by atoms with Crippen LogP contribution in [0.3, 0.4) is 0 Å². The Labute approximate surface area is 72.7 Å². The van der Waals surface area contributed by atoms with E-state index in [0.717, 1.165) is 5.56 Å². The van der Waals surface area contributed by atoms with Crippen molar-refractivity contribution >= 4 is 21.6 Å². The lowest BCUT2D eigenvalue weighted by Crippen LogP contribution is -2.08. The maximum atomic E-state index is 12.9. The molecule has 0 heterocycles. The topological polar surface area (TPSA) is 38.0 Å². The highest BCUT2D eigenvalue weighted by Gasteiger charge is 1.99. The summed E-state index contributed by atoms with van der Waals surface area (Å²) in [6, 6.07) is 4.84. The molecule has 11 heavy (non-hydrogen) atoms. The van der Waals surface area contributed by atoms with E-state index >= 15 is 0 Å². The molecule has 0 spiro atoms. The van der Waals surface area contributed by atoms with Gasteiger partial charge in [0.15, 0.2) is 0 Å². The van der Waals surface area contributed by atoms with Crippen molar-refractivity contribution in [3.63, 3.8) is 0 Å². The van der Waals surface area contributed by atoms with Crippen LogP contribution in [-0.4, -0.2) is 0 Å². The highest BCUT2D eigenvalue weighted by atomic mass is 79.9. The molecule has 0 radical (unpaired) electrons. The second kappa shape index (κ2) is 3.69. The van der Waals surface area contributed by atoms with Gasteiger partial charge in [0.1, 0.15) is 5.82 Å². The summed E-state index contributed by atoms with van der Waals surface area (Å²) in [5.74, 6) is 4.71. The Kier molecular flexibility index (Phi) is 2.84. The number of halogens is 2. The van der Waals surface area contributed by atoms with Gasteiger partial charge in [-0.3, -0.25) is 5.84 Å². The van der Waals surface area contributed by atoms with E-state index in [4.69, 9.17) is 5.84 Å². The zero-order chi connectivity index (χ0) is 8.27. The van der Waals surface area contributed by atoms with Gasteiger partial charge in [-0.25, -0.2) is 4.39 Å². The quantitative estimate of drug-likeness (QED) is 0.453. The average Bonchev–Trinajstić information content (AvgIpc) is 2.04. The number of benzene rings is 1. The van der Waals surface area contributed by atoms with Gasteiger partial charge in [0.05, 0.1) is 5.69 Å². The zero-order valence-corrected chi connectivity index (χ0v) is 7.36. The molecule has 0 saturated heterocycles. The van der Waals surface area contributed by atoms with Crippen LogP contribution in [0.15, 0.2) is 18.2 Å². The first kappa shape index (κ1) is 8.49. The van der Waals surface area contributed by atoms with Gasteiger partial charge in [-0.05, 0) is 17.7 Å².